The van der Waals surface area contributed by atoms with Crippen LogP contribution in [0.15, 0.2) is 66.7 Å². The fourth-order valence-corrected chi connectivity index (χ4v) is 6.59. The number of fused-ring (bicyclic) bond motifs is 1. The lowest BCUT2D eigenvalue weighted by Crippen LogP contribution is -2.32. The van der Waals surface area contributed by atoms with Crippen LogP contribution in [0.2, 0.25) is 0 Å². The highest BCUT2D eigenvalue weighted by Crippen LogP contribution is 2.48. The highest BCUT2D eigenvalue weighted by Gasteiger charge is 2.37. The van der Waals surface area contributed by atoms with Crippen LogP contribution in [-0.4, -0.2) is 42.3 Å². The minimum absolute atomic E-state index is 0.102. The molecule has 1 fully saturated rings. The SMILES string of the molecule is CC(Cc1ccc(OCCN2CCCCCC2)cc1)Nc1ccccc1C1Cc2ccc(O)cc2CC1(C)C. The third kappa shape index (κ3) is 7.16. The van der Waals surface area contributed by atoms with E-state index >= 15 is 0 Å². The number of benzene rings is 3. The summed E-state index contributed by atoms with van der Waals surface area (Å²) < 4.78 is 6.07. The summed E-state index contributed by atoms with van der Waals surface area (Å²) in [5, 5.41) is 13.8. The molecule has 2 N–H and O–H groups in total. The average Bonchev–Trinajstić information content (AvgIpc) is 3.18. The summed E-state index contributed by atoms with van der Waals surface area (Å²) in [5.41, 5.74) is 6.68. The number of anilines is 1. The Hall–Kier alpha value is -2.98. The van der Waals surface area contributed by atoms with Crippen LogP contribution in [0.3, 0.4) is 0 Å². The number of hydrogen-bond donors (Lipinski definition) is 2. The Morgan fingerprint density at radius 3 is 2.46 bits per heavy atom. The van der Waals surface area contributed by atoms with E-state index in [0.717, 1.165) is 38.2 Å². The molecule has 3 aromatic carbocycles. The lowest BCUT2D eigenvalue weighted by molar-refractivity contribution is 0.214. The standard InChI is InChI=1S/C35H46N2O2/c1-26(22-27-12-16-31(17-13-27)39-21-20-37-18-8-4-5-9-19-37)36-34-11-7-6-10-32(34)33-24-28-14-15-30(38)23-29(28)25-35(33,2)3/h6-7,10-17,23,26,33,36,38H,4-5,8-9,18-22,24-25H2,1-3H3. The van der Waals surface area contributed by atoms with Crippen molar-refractivity contribution >= 4 is 5.69 Å². The summed E-state index contributed by atoms with van der Waals surface area (Å²) >= 11 is 0. The minimum Gasteiger partial charge on any atom is -0.508 e. The van der Waals surface area contributed by atoms with E-state index in [2.05, 4.69) is 85.6 Å². The summed E-state index contributed by atoms with van der Waals surface area (Å²) in [6.45, 7) is 11.2. The number of nitrogens with one attached hydrogen (secondary N) is 1. The van der Waals surface area contributed by atoms with Crippen LogP contribution >= 0.6 is 0 Å². The topological polar surface area (TPSA) is 44.7 Å². The summed E-state index contributed by atoms with van der Waals surface area (Å²) in [6.07, 6.45) is 8.31. The number of phenolic OH excluding ortho intramolecular Hbond substituents is 1. The van der Waals surface area contributed by atoms with Gasteiger partial charge in [0.2, 0.25) is 0 Å². The first-order valence-corrected chi connectivity index (χ1v) is 15.0. The molecule has 0 bridgehead atoms. The van der Waals surface area contributed by atoms with Crippen LogP contribution in [0.4, 0.5) is 5.69 Å². The zero-order chi connectivity index (χ0) is 27.2. The molecule has 0 aromatic heterocycles. The molecule has 2 aliphatic rings. The smallest absolute Gasteiger partial charge is 0.119 e. The van der Waals surface area contributed by atoms with E-state index in [9.17, 15) is 5.11 Å². The van der Waals surface area contributed by atoms with Crippen molar-refractivity contribution in [3.63, 3.8) is 0 Å². The number of rotatable bonds is 9. The maximum Gasteiger partial charge on any atom is 0.119 e. The van der Waals surface area contributed by atoms with Gasteiger partial charge in [0.05, 0.1) is 0 Å². The normalized spacial score (nSPS) is 20.0. The first-order chi connectivity index (χ1) is 18.9. The molecule has 4 heteroatoms. The van der Waals surface area contributed by atoms with Gasteiger partial charge in [0.25, 0.3) is 0 Å². The Balaban J connectivity index is 1.18. The van der Waals surface area contributed by atoms with Gasteiger partial charge in [-0.25, -0.2) is 0 Å². The molecule has 1 heterocycles. The Morgan fingerprint density at radius 1 is 0.949 bits per heavy atom. The molecule has 1 aliphatic carbocycles. The van der Waals surface area contributed by atoms with Crippen LogP contribution in [0.5, 0.6) is 11.5 Å². The predicted octanol–water partition coefficient (Wildman–Crippen LogP) is 7.60. The Kier molecular flexibility index (Phi) is 8.82. The summed E-state index contributed by atoms with van der Waals surface area (Å²) in [4.78, 5) is 2.55. The van der Waals surface area contributed by atoms with Crippen LogP contribution in [0, 0.1) is 5.41 Å². The van der Waals surface area contributed by atoms with E-state index in [1.807, 2.05) is 12.1 Å². The molecule has 0 radical (unpaired) electrons. The Bertz CT molecular complexity index is 1210. The summed E-state index contributed by atoms with van der Waals surface area (Å²) in [6, 6.07) is 23.7. The van der Waals surface area contributed by atoms with Crippen LogP contribution in [0.25, 0.3) is 0 Å². The van der Waals surface area contributed by atoms with Crippen molar-refractivity contribution in [1.29, 1.82) is 0 Å². The molecular weight excluding hydrogens is 480 g/mol. The molecule has 4 nitrogen and oxygen atoms in total. The molecule has 39 heavy (non-hydrogen) atoms. The second-order valence-electron chi connectivity index (χ2n) is 12.5. The van der Waals surface area contributed by atoms with E-state index in [1.54, 1.807) is 0 Å². The number of likely N-dealkylation sites (tertiary alicyclic amines) is 1. The number of ether oxygens (including phenoxy) is 1. The zero-order valence-corrected chi connectivity index (χ0v) is 24.1. The van der Waals surface area contributed by atoms with Gasteiger partial charge in [-0.2, -0.15) is 0 Å². The van der Waals surface area contributed by atoms with Crippen LogP contribution < -0.4 is 10.1 Å². The lowest BCUT2D eigenvalue weighted by atomic mass is 9.64. The second-order valence-corrected chi connectivity index (χ2v) is 12.5. The molecule has 0 saturated carbocycles. The summed E-state index contributed by atoms with van der Waals surface area (Å²) in [5.74, 6) is 1.75. The first kappa shape index (κ1) is 27.6. The van der Waals surface area contributed by atoms with Gasteiger partial charge in [-0.15, -0.1) is 0 Å². The zero-order valence-electron chi connectivity index (χ0n) is 24.1. The molecule has 2 atom stereocenters. The van der Waals surface area contributed by atoms with Gasteiger partial charge in [0.1, 0.15) is 18.1 Å². The van der Waals surface area contributed by atoms with E-state index in [0.29, 0.717) is 17.7 Å². The highest BCUT2D eigenvalue weighted by molar-refractivity contribution is 5.55. The van der Waals surface area contributed by atoms with Gasteiger partial charge < -0.3 is 15.2 Å². The van der Waals surface area contributed by atoms with Gasteiger partial charge in [-0.3, -0.25) is 4.90 Å². The quantitative estimate of drug-likeness (QED) is 0.301. The van der Waals surface area contributed by atoms with E-state index in [-0.39, 0.29) is 5.41 Å². The molecule has 2 unspecified atom stereocenters. The predicted molar refractivity (Wildman–Crippen MR) is 162 cm³/mol. The van der Waals surface area contributed by atoms with Crippen LogP contribution in [0.1, 0.15) is 74.6 Å². The maximum absolute atomic E-state index is 10.00. The van der Waals surface area contributed by atoms with Gasteiger partial charge >= 0.3 is 0 Å². The second kappa shape index (κ2) is 12.5. The monoisotopic (exact) mass is 526 g/mol. The number of nitrogens with zero attached hydrogens (tertiary/aromatic N) is 1. The third-order valence-electron chi connectivity index (χ3n) is 8.78. The van der Waals surface area contributed by atoms with Crippen molar-refractivity contribution in [2.45, 2.75) is 77.7 Å². The van der Waals surface area contributed by atoms with Crippen molar-refractivity contribution in [1.82, 2.24) is 4.90 Å². The molecule has 0 amide bonds. The molecule has 3 aromatic rings. The molecule has 0 spiro atoms. The van der Waals surface area contributed by atoms with Gasteiger partial charge in [0.15, 0.2) is 0 Å². The molecule has 1 aliphatic heterocycles. The van der Waals surface area contributed by atoms with Gasteiger partial charge in [-0.1, -0.05) is 63.1 Å². The first-order valence-electron chi connectivity index (χ1n) is 15.0. The van der Waals surface area contributed by atoms with Crippen molar-refractivity contribution in [3.05, 3.63) is 89.0 Å². The highest BCUT2D eigenvalue weighted by atomic mass is 16.5. The van der Waals surface area contributed by atoms with E-state index in [1.165, 1.54) is 66.7 Å². The molecule has 208 valence electrons. The Labute approximate surface area is 235 Å². The van der Waals surface area contributed by atoms with Crippen LogP contribution in [-0.2, 0) is 19.3 Å². The maximum atomic E-state index is 10.00. The van der Waals surface area contributed by atoms with Crippen molar-refractivity contribution < 1.29 is 9.84 Å². The van der Waals surface area contributed by atoms with Crippen molar-refractivity contribution in [2.75, 3.05) is 31.6 Å². The van der Waals surface area contributed by atoms with E-state index in [4.69, 9.17) is 4.74 Å². The molecule has 1 saturated heterocycles. The number of hydrogen-bond acceptors (Lipinski definition) is 4. The third-order valence-corrected chi connectivity index (χ3v) is 8.78. The lowest BCUT2D eigenvalue weighted by Gasteiger charge is -2.41. The van der Waals surface area contributed by atoms with Crippen molar-refractivity contribution in [2.24, 2.45) is 5.41 Å². The fraction of sp³-hybridized carbons (Fsp3) is 0.486. The van der Waals surface area contributed by atoms with Gasteiger partial charge in [0, 0.05) is 18.3 Å². The molecule has 5 rings (SSSR count). The van der Waals surface area contributed by atoms with E-state index < -0.39 is 0 Å². The molecular formula is C35H46N2O2. The largest absolute Gasteiger partial charge is 0.508 e. The fourth-order valence-electron chi connectivity index (χ4n) is 6.59. The number of para-hydroxylation sites is 1. The Morgan fingerprint density at radius 2 is 1.69 bits per heavy atom. The van der Waals surface area contributed by atoms with Crippen molar-refractivity contribution in [3.8, 4) is 11.5 Å². The number of phenols is 1. The number of aromatic hydroxyl groups is 1. The summed E-state index contributed by atoms with van der Waals surface area (Å²) in [7, 11) is 0. The average molecular weight is 527 g/mol. The van der Waals surface area contributed by atoms with Gasteiger partial charge in [-0.05, 0) is 116 Å². The minimum atomic E-state index is 0.102.